The highest BCUT2D eigenvalue weighted by Crippen LogP contribution is 2.19. The van der Waals surface area contributed by atoms with E-state index in [4.69, 9.17) is 0 Å². The third-order valence-electron chi connectivity index (χ3n) is 3.84. The van der Waals surface area contributed by atoms with Gasteiger partial charge in [-0.15, -0.1) is 0 Å². The van der Waals surface area contributed by atoms with Gasteiger partial charge in [-0.3, -0.25) is 9.59 Å². The van der Waals surface area contributed by atoms with Gasteiger partial charge >= 0.3 is 0 Å². The molecular weight excluding hydrogens is 296 g/mol. The first-order valence-electron chi connectivity index (χ1n) is 7.86. The van der Waals surface area contributed by atoms with Crippen LogP contribution in [0.4, 0.5) is 0 Å². The van der Waals surface area contributed by atoms with Crippen molar-refractivity contribution in [3.63, 3.8) is 0 Å². The minimum absolute atomic E-state index is 0.0477. The molecular formula is C17H24N2O2S. The third kappa shape index (κ3) is 5.37. The first-order valence-corrected chi connectivity index (χ1v) is 9.02. The first kappa shape index (κ1) is 16.9. The number of hydrogen-bond acceptors (Lipinski definition) is 3. The molecule has 4 nitrogen and oxygen atoms in total. The lowest BCUT2D eigenvalue weighted by molar-refractivity contribution is -0.127. The zero-order valence-electron chi connectivity index (χ0n) is 13.0. The number of carbonyl (C=O) groups is 2. The van der Waals surface area contributed by atoms with E-state index in [0.717, 1.165) is 25.0 Å². The average Bonchev–Trinajstić information content (AvgIpc) is 2.73. The SMILES string of the molecule is C[C@@H](CSCC(=O)N[C@H]1CCCCNC1=O)c1ccccc1. The maximum Gasteiger partial charge on any atom is 0.242 e. The molecule has 0 spiro atoms. The van der Waals surface area contributed by atoms with Crippen LogP contribution in [0.25, 0.3) is 0 Å². The molecule has 1 aliphatic heterocycles. The molecule has 1 aromatic carbocycles. The Morgan fingerprint density at radius 3 is 2.91 bits per heavy atom. The van der Waals surface area contributed by atoms with Gasteiger partial charge in [0.1, 0.15) is 6.04 Å². The van der Waals surface area contributed by atoms with Gasteiger partial charge in [0.2, 0.25) is 11.8 Å². The molecule has 5 heteroatoms. The van der Waals surface area contributed by atoms with Crippen LogP contribution in [-0.2, 0) is 9.59 Å². The van der Waals surface area contributed by atoms with Crippen molar-refractivity contribution >= 4 is 23.6 Å². The van der Waals surface area contributed by atoms with Crippen LogP contribution < -0.4 is 10.6 Å². The summed E-state index contributed by atoms with van der Waals surface area (Å²) < 4.78 is 0. The molecule has 1 fully saturated rings. The smallest absolute Gasteiger partial charge is 0.242 e. The highest BCUT2D eigenvalue weighted by molar-refractivity contribution is 7.99. The lowest BCUT2D eigenvalue weighted by Crippen LogP contribution is -2.46. The van der Waals surface area contributed by atoms with Gasteiger partial charge in [-0.2, -0.15) is 11.8 Å². The molecule has 1 saturated heterocycles. The van der Waals surface area contributed by atoms with E-state index >= 15 is 0 Å². The Labute approximate surface area is 136 Å². The van der Waals surface area contributed by atoms with E-state index in [9.17, 15) is 9.59 Å². The van der Waals surface area contributed by atoms with Gasteiger partial charge in [-0.1, -0.05) is 37.3 Å². The Kier molecular flexibility index (Phi) is 6.77. The normalized spacial score (nSPS) is 19.9. The average molecular weight is 320 g/mol. The van der Waals surface area contributed by atoms with E-state index in [0.29, 0.717) is 18.2 Å². The number of thioether (sulfide) groups is 1. The Hall–Kier alpha value is -1.49. The van der Waals surface area contributed by atoms with E-state index < -0.39 is 0 Å². The first-order chi connectivity index (χ1) is 10.7. The fourth-order valence-electron chi connectivity index (χ4n) is 2.52. The van der Waals surface area contributed by atoms with Crippen LogP contribution in [0.15, 0.2) is 30.3 Å². The predicted molar refractivity (Wildman–Crippen MR) is 91.0 cm³/mol. The van der Waals surface area contributed by atoms with Crippen molar-refractivity contribution in [1.29, 1.82) is 0 Å². The molecule has 0 radical (unpaired) electrons. The fraction of sp³-hybridized carbons (Fsp3) is 0.529. The lowest BCUT2D eigenvalue weighted by Gasteiger charge is -2.16. The van der Waals surface area contributed by atoms with Crippen LogP contribution in [0, 0.1) is 0 Å². The van der Waals surface area contributed by atoms with E-state index in [2.05, 4.69) is 29.7 Å². The van der Waals surface area contributed by atoms with Gasteiger partial charge in [0.25, 0.3) is 0 Å². The molecule has 2 N–H and O–H groups in total. The predicted octanol–water partition coefficient (Wildman–Crippen LogP) is 2.31. The zero-order valence-corrected chi connectivity index (χ0v) is 13.8. The maximum atomic E-state index is 12.0. The molecule has 0 unspecified atom stereocenters. The van der Waals surface area contributed by atoms with Crippen molar-refractivity contribution in [2.45, 2.75) is 38.1 Å². The molecule has 0 saturated carbocycles. The summed E-state index contributed by atoms with van der Waals surface area (Å²) in [6.07, 6.45) is 2.70. The number of benzene rings is 1. The molecule has 1 aliphatic rings. The minimum Gasteiger partial charge on any atom is -0.354 e. The van der Waals surface area contributed by atoms with Crippen molar-refractivity contribution in [3.8, 4) is 0 Å². The molecule has 1 heterocycles. The van der Waals surface area contributed by atoms with Gasteiger partial charge in [-0.05, 0) is 30.7 Å². The van der Waals surface area contributed by atoms with E-state index in [-0.39, 0.29) is 17.9 Å². The second-order valence-corrected chi connectivity index (χ2v) is 6.76. The van der Waals surface area contributed by atoms with Crippen molar-refractivity contribution in [1.82, 2.24) is 10.6 Å². The number of carbonyl (C=O) groups excluding carboxylic acids is 2. The van der Waals surface area contributed by atoms with Crippen LogP contribution in [0.3, 0.4) is 0 Å². The molecule has 2 rings (SSSR count). The van der Waals surface area contributed by atoms with Crippen LogP contribution >= 0.6 is 11.8 Å². The lowest BCUT2D eigenvalue weighted by atomic mass is 10.0. The summed E-state index contributed by atoms with van der Waals surface area (Å²) in [5.41, 5.74) is 1.29. The quantitative estimate of drug-likeness (QED) is 0.845. The van der Waals surface area contributed by atoms with Gasteiger partial charge in [-0.25, -0.2) is 0 Å². The van der Waals surface area contributed by atoms with E-state index in [1.807, 2.05) is 18.2 Å². The second-order valence-electron chi connectivity index (χ2n) is 5.73. The Balaban J connectivity index is 1.70. The topological polar surface area (TPSA) is 58.2 Å². The third-order valence-corrected chi connectivity index (χ3v) is 5.04. The van der Waals surface area contributed by atoms with Crippen molar-refractivity contribution in [2.24, 2.45) is 0 Å². The van der Waals surface area contributed by atoms with Crippen LogP contribution in [-0.4, -0.2) is 35.9 Å². The maximum absolute atomic E-state index is 12.0. The van der Waals surface area contributed by atoms with Crippen molar-refractivity contribution < 1.29 is 9.59 Å². The largest absolute Gasteiger partial charge is 0.354 e. The van der Waals surface area contributed by atoms with Gasteiger partial charge in [0, 0.05) is 12.3 Å². The Morgan fingerprint density at radius 2 is 2.14 bits per heavy atom. The highest BCUT2D eigenvalue weighted by Gasteiger charge is 2.22. The summed E-state index contributed by atoms with van der Waals surface area (Å²) in [7, 11) is 0. The molecule has 22 heavy (non-hydrogen) atoms. The molecule has 120 valence electrons. The summed E-state index contributed by atoms with van der Waals surface area (Å²) in [5.74, 6) is 1.62. The summed E-state index contributed by atoms with van der Waals surface area (Å²) in [4.78, 5) is 23.8. The summed E-state index contributed by atoms with van der Waals surface area (Å²) in [5, 5.41) is 5.69. The van der Waals surface area contributed by atoms with Crippen molar-refractivity contribution in [2.75, 3.05) is 18.1 Å². The van der Waals surface area contributed by atoms with Crippen LogP contribution in [0.1, 0.15) is 37.7 Å². The Morgan fingerprint density at radius 1 is 1.36 bits per heavy atom. The van der Waals surface area contributed by atoms with Crippen LogP contribution in [0.2, 0.25) is 0 Å². The summed E-state index contributed by atoms with van der Waals surface area (Å²) in [6, 6.07) is 9.95. The Bertz CT molecular complexity index is 493. The standard InChI is InChI=1S/C17H24N2O2S/c1-13(14-7-3-2-4-8-14)11-22-12-16(20)19-15-9-5-6-10-18-17(15)21/h2-4,7-8,13,15H,5-6,9-12H2,1H3,(H,18,21)(H,19,20)/t13-,15-/m0/s1. The summed E-state index contributed by atoms with van der Waals surface area (Å²) >= 11 is 1.62. The van der Waals surface area contributed by atoms with E-state index in [1.165, 1.54) is 5.56 Å². The monoisotopic (exact) mass is 320 g/mol. The number of hydrogen-bond donors (Lipinski definition) is 2. The molecule has 2 amide bonds. The minimum atomic E-state index is -0.359. The number of amides is 2. The van der Waals surface area contributed by atoms with Gasteiger partial charge in [0.05, 0.1) is 5.75 Å². The second kappa shape index (κ2) is 8.83. The fourth-order valence-corrected chi connectivity index (χ4v) is 3.45. The molecule has 0 aliphatic carbocycles. The van der Waals surface area contributed by atoms with Crippen molar-refractivity contribution in [3.05, 3.63) is 35.9 Å². The zero-order chi connectivity index (χ0) is 15.8. The highest BCUT2D eigenvalue weighted by atomic mass is 32.2. The molecule has 0 aromatic heterocycles. The number of rotatable bonds is 6. The van der Waals surface area contributed by atoms with E-state index in [1.54, 1.807) is 11.8 Å². The van der Waals surface area contributed by atoms with Gasteiger partial charge < -0.3 is 10.6 Å². The molecule has 2 atom stereocenters. The summed E-state index contributed by atoms with van der Waals surface area (Å²) in [6.45, 7) is 2.88. The van der Waals surface area contributed by atoms with Crippen LogP contribution in [0.5, 0.6) is 0 Å². The molecule has 0 bridgehead atoms. The molecule has 1 aromatic rings. The van der Waals surface area contributed by atoms with Gasteiger partial charge in [0.15, 0.2) is 0 Å². The number of nitrogens with one attached hydrogen (secondary N) is 2.